The van der Waals surface area contributed by atoms with E-state index in [4.69, 9.17) is 4.74 Å². The molecule has 2 heterocycles. The minimum atomic E-state index is -0.330. The number of piperidine rings is 1. The molecule has 1 aliphatic heterocycles. The minimum absolute atomic E-state index is 0.114. The van der Waals surface area contributed by atoms with Gasteiger partial charge in [-0.1, -0.05) is 24.3 Å². The standard InChI is InChI=1S/C24H28N4O4/c1-32-19-6-4-5-17(15-19)16-27-12-9-18(10-13-27)25-22(29)11-14-28-24(31)21-8-3-2-7-20(21)23(30)26-28/h2-8,15,18H,9-14,16H2,1H3,(H,25,29)(H,26,30). The van der Waals surface area contributed by atoms with Gasteiger partial charge in [0.15, 0.2) is 0 Å². The fraction of sp³-hybridized carbons (Fsp3) is 0.375. The maximum atomic E-state index is 12.6. The maximum Gasteiger partial charge on any atom is 0.273 e. The highest BCUT2D eigenvalue weighted by Gasteiger charge is 2.21. The highest BCUT2D eigenvalue weighted by atomic mass is 16.5. The van der Waals surface area contributed by atoms with Gasteiger partial charge in [0, 0.05) is 32.1 Å². The van der Waals surface area contributed by atoms with Gasteiger partial charge >= 0.3 is 0 Å². The van der Waals surface area contributed by atoms with E-state index in [9.17, 15) is 14.4 Å². The van der Waals surface area contributed by atoms with Crippen LogP contribution in [0.2, 0.25) is 0 Å². The number of aromatic amines is 1. The van der Waals surface area contributed by atoms with E-state index in [0.717, 1.165) is 38.2 Å². The number of aryl methyl sites for hydroxylation is 1. The molecule has 3 aromatic rings. The van der Waals surface area contributed by atoms with E-state index in [1.165, 1.54) is 10.2 Å². The summed E-state index contributed by atoms with van der Waals surface area (Å²) in [4.78, 5) is 39.6. The van der Waals surface area contributed by atoms with Gasteiger partial charge in [-0.3, -0.25) is 24.4 Å². The lowest BCUT2D eigenvalue weighted by atomic mass is 10.0. The largest absolute Gasteiger partial charge is 0.497 e. The van der Waals surface area contributed by atoms with Crippen LogP contribution < -0.4 is 21.2 Å². The Morgan fingerprint density at radius 3 is 2.59 bits per heavy atom. The van der Waals surface area contributed by atoms with E-state index in [1.807, 2.05) is 18.2 Å². The van der Waals surface area contributed by atoms with Crippen LogP contribution in [0.15, 0.2) is 58.1 Å². The lowest BCUT2D eigenvalue weighted by Crippen LogP contribution is -2.44. The van der Waals surface area contributed by atoms with Crippen LogP contribution in [-0.4, -0.2) is 46.8 Å². The van der Waals surface area contributed by atoms with Gasteiger partial charge in [-0.25, -0.2) is 4.68 Å². The highest BCUT2D eigenvalue weighted by molar-refractivity contribution is 5.80. The molecule has 0 aliphatic carbocycles. The van der Waals surface area contributed by atoms with Crippen molar-refractivity contribution in [3.05, 3.63) is 74.8 Å². The lowest BCUT2D eigenvalue weighted by Gasteiger charge is -2.32. The Morgan fingerprint density at radius 2 is 1.84 bits per heavy atom. The zero-order valence-corrected chi connectivity index (χ0v) is 18.2. The summed E-state index contributed by atoms with van der Waals surface area (Å²) >= 11 is 0. The summed E-state index contributed by atoms with van der Waals surface area (Å²) in [5.41, 5.74) is 0.588. The number of methoxy groups -OCH3 is 1. The summed E-state index contributed by atoms with van der Waals surface area (Å²) in [7, 11) is 1.67. The first-order valence-corrected chi connectivity index (χ1v) is 10.9. The third kappa shape index (κ3) is 5.08. The average molecular weight is 437 g/mol. The zero-order valence-electron chi connectivity index (χ0n) is 18.2. The van der Waals surface area contributed by atoms with E-state index < -0.39 is 0 Å². The normalized spacial score (nSPS) is 15.0. The zero-order chi connectivity index (χ0) is 22.5. The lowest BCUT2D eigenvalue weighted by molar-refractivity contribution is -0.122. The number of benzene rings is 2. The van der Waals surface area contributed by atoms with Crippen molar-refractivity contribution in [2.45, 2.75) is 38.4 Å². The average Bonchev–Trinajstić information content (AvgIpc) is 2.82. The molecule has 1 fully saturated rings. The first-order chi connectivity index (χ1) is 15.5. The van der Waals surface area contributed by atoms with Gasteiger partial charge < -0.3 is 10.1 Å². The van der Waals surface area contributed by atoms with Crippen LogP contribution in [0.1, 0.15) is 24.8 Å². The topological polar surface area (TPSA) is 96.4 Å². The predicted molar refractivity (Wildman–Crippen MR) is 123 cm³/mol. The molecule has 0 saturated carbocycles. The molecule has 0 radical (unpaired) electrons. The number of hydrogen-bond donors (Lipinski definition) is 2. The third-order valence-corrected chi connectivity index (χ3v) is 5.94. The van der Waals surface area contributed by atoms with E-state index >= 15 is 0 Å². The van der Waals surface area contributed by atoms with E-state index in [0.29, 0.717) is 10.8 Å². The van der Waals surface area contributed by atoms with Crippen molar-refractivity contribution < 1.29 is 9.53 Å². The summed E-state index contributed by atoms with van der Waals surface area (Å²) in [5, 5.41) is 6.36. The molecule has 1 amide bonds. The third-order valence-electron chi connectivity index (χ3n) is 5.94. The molecule has 2 N–H and O–H groups in total. The van der Waals surface area contributed by atoms with Gasteiger partial charge in [0.25, 0.3) is 11.1 Å². The Bertz CT molecular complexity index is 1210. The number of fused-ring (bicyclic) bond motifs is 1. The summed E-state index contributed by atoms with van der Waals surface area (Å²) in [5.74, 6) is 0.744. The van der Waals surface area contributed by atoms with Crippen molar-refractivity contribution in [2.24, 2.45) is 0 Å². The number of aromatic nitrogens is 2. The molecule has 0 bridgehead atoms. The number of H-pyrrole nitrogens is 1. The van der Waals surface area contributed by atoms with Crippen LogP contribution in [0.4, 0.5) is 0 Å². The van der Waals surface area contributed by atoms with Gasteiger partial charge in [-0.2, -0.15) is 0 Å². The Hall–Kier alpha value is -3.39. The van der Waals surface area contributed by atoms with Crippen LogP contribution in [0, 0.1) is 0 Å². The molecule has 1 saturated heterocycles. The Kier molecular flexibility index (Phi) is 6.70. The summed E-state index contributed by atoms with van der Waals surface area (Å²) in [6.45, 7) is 2.80. The summed E-state index contributed by atoms with van der Waals surface area (Å²) < 4.78 is 6.51. The first-order valence-electron chi connectivity index (χ1n) is 10.9. The molecule has 0 spiro atoms. The number of ether oxygens (including phenoxy) is 1. The monoisotopic (exact) mass is 436 g/mol. The van der Waals surface area contributed by atoms with Gasteiger partial charge in [-0.15, -0.1) is 0 Å². The molecule has 0 atom stereocenters. The van der Waals surface area contributed by atoms with Gasteiger partial charge in [0.05, 0.1) is 24.4 Å². The van der Waals surface area contributed by atoms with E-state index in [2.05, 4.69) is 21.4 Å². The number of nitrogens with one attached hydrogen (secondary N) is 2. The van der Waals surface area contributed by atoms with Gasteiger partial charge in [0.1, 0.15) is 5.75 Å². The SMILES string of the molecule is COc1cccc(CN2CCC(NC(=O)CCn3[nH]c(=O)c4ccccc4c3=O)CC2)c1. The highest BCUT2D eigenvalue weighted by Crippen LogP contribution is 2.17. The fourth-order valence-electron chi connectivity index (χ4n) is 4.18. The van der Waals surface area contributed by atoms with Crippen molar-refractivity contribution in [3.8, 4) is 5.75 Å². The molecule has 32 heavy (non-hydrogen) atoms. The van der Waals surface area contributed by atoms with Crippen LogP contribution >= 0.6 is 0 Å². The van der Waals surface area contributed by atoms with Crippen molar-refractivity contribution >= 4 is 16.7 Å². The molecule has 2 aromatic carbocycles. The summed E-state index contributed by atoms with van der Waals surface area (Å²) in [6, 6.07) is 14.9. The molecule has 0 unspecified atom stereocenters. The molecular weight excluding hydrogens is 408 g/mol. The van der Waals surface area contributed by atoms with Crippen LogP contribution in [-0.2, 0) is 17.9 Å². The van der Waals surface area contributed by atoms with Crippen molar-refractivity contribution in [3.63, 3.8) is 0 Å². The molecule has 1 aromatic heterocycles. The number of nitrogens with zero attached hydrogens (tertiary/aromatic N) is 2. The summed E-state index contributed by atoms with van der Waals surface area (Å²) in [6.07, 6.45) is 1.89. The number of hydrogen-bond acceptors (Lipinski definition) is 5. The van der Waals surface area contributed by atoms with Crippen LogP contribution in [0.3, 0.4) is 0 Å². The number of carbonyl (C=O) groups is 1. The van der Waals surface area contributed by atoms with Crippen molar-refractivity contribution in [1.29, 1.82) is 0 Å². The second-order valence-electron chi connectivity index (χ2n) is 8.16. The van der Waals surface area contributed by atoms with Crippen LogP contribution in [0.5, 0.6) is 5.75 Å². The Balaban J connectivity index is 1.27. The van der Waals surface area contributed by atoms with Crippen molar-refractivity contribution in [2.75, 3.05) is 20.2 Å². The second-order valence-corrected chi connectivity index (χ2v) is 8.16. The van der Waals surface area contributed by atoms with E-state index in [-0.39, 0.29) is 36.0 Å². The van der Waals surface area contributed by atoms with Gasteiger partial charge in [0.2, 0.25) is 5.91 Å². The Morgan fingerprint density at radius 1 is 1.09 bits per heavy atom. The van der Waals surface area contributed by atoms with Crippen LogP contribution in [0.25, 0.3) is 10.8 Å². The van der Waals surface area contributed by atoms with Gasteiger partial charge in [-0.05, 0) is 42.7 Å². The molecule has 8 nitrogen and oxygen atoms in total. The number of likely N-dealkylation sites (tertiary alicyclic amines) is 1. The quantitative estimate of drug-likeness (QED) is 0.590. The maximum absolute atomic E-state index is 12.6. The molecule has 168 valence electrons. The number of carbonyl (C=O) groups excluding carboxylic acids is 1. The van der Waals surface area contributed by atoms with E-state index in [1.54, 1.807) is 31.4 Å². The predicted octanol–water partition coefficient (Wildman–Crippen LogP) is 1.87. The number of amides is 1. The fourth-order valence-corrected chi connectivity index (χ4v) is 4.18. The molecular formula is C24H28N4O4. The first kappa shape index (κ1) is 21.8. The minimum Gasteiger partial charge on any atom is -0.497 e. The number of rotatable bonds is 7. The molecule has 8 heteroatoms. The molecule has 1 aliphatic rings. The molecule has 4 rings (SSSR count). The smallest absolute Gasteiger partial charge is 0.273 e. The van der Waals surface area contributed by atoms with Crippen molar-refractivity contribution in [1.82, 2.24) is 20.0 Å². The Labute approximate surface area is 185 Å². The second kappa shape index (κ2) is 9.82.